The second-order valence-corrected chi connectivity index (χ2v) is 10.7. The van der Waals surface area contributed by atoms with Crippen molar-refractivity contribution < 1.29 is 23.1 Å². The Labute approximate surface area is 197 Å². The summed E-state index contributed by atoms with van der Waals surface area (Å²) in [7, 11) is -3.27. The molecule has 0 spiro atoms. The summed E-state index contributed by atoms with van der Waals surface area (Å²) in [6.45, 7) is 2.85. The fourth-order valence-corrected chi connectivity index (χ4v) is 5.84. The smallest absolute Gasteiger partial charge is 0.271 e. The molecule has 0 radical (unpaired) electrons. The lowest BCUT2D eigenvalue weighted by Gasteiger charge is -2.32. The first-order valence-corrected chi connectivity index (χ1v) is 12.8. The third kappa shape index (κ3) is 4.77. The van der Waals surface area contributed by atoms with Crippen molar-refractivity contribution in [1.29, 1.82) is 0 Å². The first kappa shape index (κ1) is 24.1. The third-order valence-corrected chi connectivity index (χ3v) is 8.22. The number of nitrogens with zero attached hydrogens (tertiary/aromatic N) is 3. The van der Waals surface area contributed by atoms with Crippen molar-refractivity contribution in [3.05, 3.63) is 68.6 Å². The highest BCUT2D eigenvalue weighted by Gasteiger charge is 2.33. The first-order chi connectivity index (χ1) is 16.2. The van der Waals surface area contributed by atoms with Gasteiger partial charge in [-0.25, -0.2) is 12.7 Å². The van der Waals surface area contributed by atoms with Crippen LogP contribution in [0.4, 0.5) is 0 Å². The molecule has 2 aliphatic heterocycles. The molecule has 1 saturated heterocycles. The van der Waals surface area contributed by atoms with Gasteiger partial charge in [-0.2, -0.15) is 0 Å². The van der Waals surface area contributed by atoms with Gasteiger partial charge in [0.2, 0.25) is 10.0 Å². The molecule has 1 aromatic heterocycles. The highest BCUT2D eigenvalue weighted by Crippen LogP contribution is 2.19. The second kappa shape index (κ2) is 9.69. The van der Waals surface area contributed by atoms with Gasteiger partial charge in [0.25, 0.3) is 17.4 Å². The van der Waals surface area contributed by atoms with Crippen molar-refractivity contribution in [1.82, 2.24) is 19.1 Å². The zero-order chi connectivity index (χ0) is 24.5. The number of carbonyl (C=O) groups excluding carboxylic acids is 2. The van der Waals surface area contributed by atoms with Crippen LogP contribution in [0.1, 0.15) is 44.0 Å². The van der Waals surface area contributed by atoms with Gasteiger partial charge in [-0.15, -0.1) is 0 Å². The maximum atomic E-state index is 13.1. The number of aromatic nitrogens is 1. The summed E-state index contributed by atoms with van der Waals surface area (Å²) in [4.78, 5) is 40.4. The van der Waals surface area contributed by atoms with E-state index in [9.17, 15) is 27.9 Å². The number of rotatable bonds is 7. The molecular formula is C23H28N4O6S. The number of sulfonamides is 1. The van der Waals surface area contributed by atoms with Crippen LogP contribution in [-0.4, -0.2) is 71.0 Å². The lowest BCUT2D eigenvalue weighted by Crippen LogP contribution is -2.49. The van der Waals surface area contributed by atoms with Crippen LogP contribution in [0.3, 0.4) is 0 Å². The summed E-state index contributed by atoms with van der Waals surface area (Å²) in [6.07, 6.45) is 0.567. The van der Waals surface area contributed by atoms with Crippen molar-refractivity contribution in [3.8, 4) is 0 Å². The Hall–Kier alpha value is -3.02. The molecule has 1 fully saturated rings. The average molecular weight is 489 g/mol. The van der Waals surface area contributed by atoms with Crippen molar-refractivity contribution >= 4 is 21.8 Å². The van der Waals surface area contributed by atoms with Gasteiger partial charge >= 0.3 is 0 Å². The molecule has 182 valence electrons. The van der Waals surface area contributed by atoms with Gasteiger partial charge in [0.1, 0.15) is 11.3 Å². The first-order valence-electron chi connectivity index (χ1n) is 11.2. The van der Waals surface area contributed by atoms with Crippen LogP contribution in [0.25, 0.3) is 0 Å². The molecule has 34 heavy (non-hydrogen) atoms. The fraction of sp³-hybridized carbons (Fsp3) is 0.435. The number of aliphatic hydroxyl groups excluding tert-OH is 1. The standard InChI is InChI=1S/C23H28N4O6S/c1-16-3-5-17(6-4-16)14-24-21(29)19-13-18(15-28)20-23(31)25(9-11-27(20)22(19)30)8-10-26-7-2-12-34(26,32)33/h3-6,13,28H,2,7-12,14-15H2,1H3,(H,24,29). The van der Waals surface area contributed by atoms with E-state index < -0.39 is 34.0 Å². The monoisotopic (exact) mass is 488 g/mol. The van der Waals surface area contributed by atoms with E-state index in [2.05, 4.69) is 5.32 Å². The summed E-state index contributed by atoms with van der Waals surface area (Å²) in [5.41, 5.74) is 1.47. The number of aliphatic hydroxyl groups is 1. The molecule has 4 rings (SSSR count). The van der Waals surface area contributed by atoms with E-state index in [0.29, 0.717) is 13.0 Å². The van der Waals surface area contributed by atoms with Crippen LogP contribution < -0.4 is 10.9 Å². The maximum Gasteiger partial charge on any atom is 0.271 e. The Balaban J connectivity index is 1.52. The topological polar surface area (TPSA) is 129 Å². The highest BCUT2D eigenvalue weighted by molar-refractivity contribution is 7.89. The molecule has 0 atom stereocenters. The summed E-state index contributed by atoms with van der Waals surface area (Å²) < 4.78 is 26.7. The lowest BCUT2D eigenvalue weighted by atomic mass is 10.1. The lowest BCUT2D eigenvalue weighted by molar-refractivity contribution is 0.0686. The zero-order valence-corrected chi connectivity index (χ0v) is 19.8. The number of amides is 2. The number of aryl methyl sites for hydroxylation is 1. The Bertz CT molecular complexity index is 1270. The van der Waals surface area contributed by atoms with E-state index in [1.165, 1.54) is 19.8 Å². The average Bonchev–Trinajstić information content (AvgIpc) is 3.16. The molecular weight excluding hydrogens is 460 g/mol. The second-order valence-electron chi connectivity index (χ2n) is 8.58. The molecule has 2 amide bonds. The van der Waals surface area contributed by atoms with Gasteiger partial charge in [-0.05, 0) is 25.0 Å². The van der Waals surface area contributed by atoms with E-state index in [4.69, 9.17) is 0 Å². The molecule has 10 nitrogen and oxygen atoms in total. The Morgan fingerprint density at radius 3 is 2.47 bits per heavy atom. The number of carbonyl (C=O) groups is 2. The number of benzene rings is 1. The largest absolute Gasteiger partial charge is 0.392 e. The SMILES string of the molecule is Cc1ccc(CNC(=O)c2cc(CO)c3n(c2=O)CCN(CCN2CCCS2(=O)=O)C3=O)cc1. The molecule has 11 heteroatoms. The minimum atomic E-state index is -3.27. The van der Waals surface area contributed by atoms with Crippen LogP contribution in [0.5, 0.6) is 0 Å². The number of hydrogen-bond donors (Lipinski definition) is 2. The molecule has 2 aliphatic rings. The van der Waals surface area contributed by atoms with E-state index in [-0.39, 0.29) is 55.3 Å². The fourth-order valence-electron chi connectivity index (χ4n) is 4.32. The maximum absolute atomic E-state index is 13.1. The van der Waals surface area contributed by atoms with E-state index in [1.54, 1.807) is 0 Å². The summed E-state index contributed by atoms with van der Waals surface area (Å²) in [5.74, 6) is -0.928. The van der Waals surface area contributed by atoms with Crippen LogP contribution >= 0.6 is 0 Å². The number of hydrogen-bond acceptors (Lipinski definition) is 6. The molecule has 1 aromatic carbocycles. The van der Waals surface area contributed by atoms with Gasteiger partial charge in [0, 0.05) is 44.8 Å². The van der Waals surface area contributed by atoms with Gasteiger partial charge in [-0.3, -0.25) is 14.4 Å². The van der Waals surface area contributed by atoms with Gasteiger partial charge in [-0.1, -0.05) is 29.8 Å². The predicted molar refractivity (Wildman–Crippen MR) is 125 cm³/mol. The molecule has 2 N–H and O–H groups in total. The number of pyridine rings is 1. The summed E-state index contributed by atoms with van der Waals surface area (Å²) in [6, 6.07) is 8.89. The zero-order valence-electron chi connectivity index (χ0n) is 19.0. The van der Waals surface area contributed by atoms with Gasteiger partial charge in [0.05, 0.1) is 12.4 Å². The van der Waals surface area contributed by atoms with Crippen molar-refractivity contribution in [2.75, 3.05) is 31.9 Å². The highest BCUT2D eigenvalue weighted by atomic mass is 32.2. The normalized spacial score (nSPS) is 17.6. The van der Waals surface area contributed by atoms with Crippen LogP contribution in [0, 0.1) is 6.92 Å². The minimum Gasteiger partial charge on any atom is -0.392 e. The summed E-state index contributed by atoms with van der Waals surface area (Å²) >= 11 is 0. The number of nitrogens with one attached hydrogen (secondary N) is 1. The van der Waals surface area contributed by atoms with Gasteiger partial charge in [0.15, 0.2) is 0 Å². The van der Waals surface area contributed by atoms with Crippen molar-refractivity contribution in [2.24, 2.45) is 0 Å². The molecule has 0 aliphatic carbocycles. The summed E-state index contributed by atoms with van der Waals surface area (Å²) in [5, 5.41) is 12.6. The van der Waals surface area contributed by atoms with Gasteiger partial charge < -0.3 is 19.9 Å². The van der Waals surface area contributed by atoms with E-state index in [0.717, 1.165) is 11.1 Å². The van der Waals surface area contributed by atoms with Crippen molar-refractivity contribution in [2.45, 2.75) is 33.0 Å². The number of fused-ring (bicyclic) bond motifs is 1. The van der Waals surface area contributed by atoms with Crippen LogP contribution in [0.2, 0.25) is 0 Å². The third-order valence-electron chi connectivity index (χ3n) is 6.26. The molecule has 2 aromatic rings. The van der Waals surface area contributed by atoms with Crippen LogP contribution in [0.15, 0.2) is 35.1 Å². The molecule has 0 bridgehead atoms. The van der Waals surface area contributed by atoms with Crippen molar-refractivity contribution in [3.63, 3.8) is 0 Å². The predicted octanol–water partition coefficient (Wildman–Crippen LogP) is 0.0703. The quantitative estimate of drug-likeness (QED) is 0.568. The molecule has 0 unspecified atom stereocenters. The Morgan fingerprint density at radius 2 is 1.82 bits per heavy atom. The van der Waals surface area contributed by atoms with E-state index >= 15 is 0 Å². The minimum absolute atomic E-state index is 0.0399. The molecule has 3 heterocycles. The molecule has 0 saturated carbocycles. The van der Waals surface area contributed by atoms with Crippen LogP contribution in [-0.2, 0) is 29.7 Å². The Morgan fingerprint density at radius 1 is 1.09 bits per heavy atom. The Kier molecular flexibility index (Phi) is 6.87. The van der Waals surface area contributed by atoms with E-state index in [1.807, 2.05) is 31.2 Å².